The molecule has 7 nitrogen and oxygen atoms in total. The van der Waals surface area contributed by atoms with Crippen molar-refractivity contribution >= 4 is 11.9 Å². The van der Waals surface area contributed by atoms with Crippen LogP contribution in [0.25, 0.3) is 0 Å². The number of ether oxygens (including phenoxy) is 1. The molecule has 2 aromatic rings. The van der Waals surface area contributed by atoms with Crippen LogP contribution in [0.2, 0.25) is 0 Å². The first-order valence-electron chi connectivity index (χ1n) is 10.4. The van der Waals surface area contributed by atoms with Crippen LogP contribution < -0.4 is 10.1 Å². The molecular weight excluding hydrogens is 392 g/mol. The lowest BCUT2D eigenvalue weighted by Gasteiger charge is -2.31. The number of amides is 3. The lowest BCUT2D eigenvalue weighted by Crippen LogP contribution is -2.45. The second-order valence-electron chi connectivity index (χ2n) is 8.18. The number of rotatable bonds is 7. The highest BCUT2D eigenvalue weighted by molar-refractivity contribution is 6.01. The first kappa shape index (κ1) is 20.9. The number of urea groups is 1. The summed E-state index contributed by atoms with van der Waals surface area (Å²) in [4.78, 5) is 31.2. The number of carbonyl (C=O) groups excluding carboxylic acids is 2. The maximum absolute atomic E-state index is 13.2. The molecule has 0 bridgehead atoms. The molecule has 7 heteroatoms. The zero-order valence-electron chi connectivity index (χ0n) is 18.2. The van der Waals surface area contributed by atoms with Crippen molar-refractivity contribution in [1.82, 2.24) is 20.0 Å². The Morgan fingerprint density at radius 3 is 2.61 bits per heavy atom. The molecule has 0 radical (unpaired) electrons. The minimum absolute atomic E-state index is 0.0238. The Balaban J connectivity index is 1.57. The van der Waals surface area contributed by atoms with E-state index >= 15 is 0 Å². The molecule has 31 heavy (non-hydrogen) atoms. The zero-order valence-corrected chi connectivity index (χ0v) is 18.2. The van der Waals surface area contributed by atoms with E-state index in [1.54, 1.807) is 11.9 Å². The number of hydrogen-bond acceptors (Lipinski definition) is 4. The summed E-state index contributed by atoms with van der Waals surface area (Å²) < 4.78 is 5.96. The number of benzene rings is 2. The van der Waals surface area contributed by atoms with Gasteiger partial charge in [-0.2, -0.15) is 0 Å². The third-order valence-electron chi connectivity index (χ3n) is 5.69. The van der Waals surface area contributed by atoms with Crippen LogP contribution in [0.5, 0.6) is 5.75 Å². The van der Waals surface area contributed by atoms with Crippen molar-refractivity contribution < 1.29 is 14.3 Å². The fourth-order valence-corrected chi connectivity index (χ4v) is 3.90. The van der Waals surface area contributed by atoms with E-state index in [1.165, 1.54) is 0 Å². The molecule has 0 saturated heterocycles. The van der Waals surface area contributed by atoms with Crippen molar-refractivity contribution in [1.29, 1.82) is 0 Å². The van der Waals surface area contributed by atoms with Crippen molar-refractivity contribution in [3.8, 4) is 5.75 Å². The number of hydrogen-bond donors (Lipinski definition) is 1. The van der Waals surface area contributed by atoms with Crippen molar-refractivity contribution in [2.45, 2.75) is 12.6 Å². The quantitative estimate of drug-likeness (QED) is 0.748. The third kappa shape index (κ3) is 4.41. The van der Waals surface area contributed by atoms with Crippen molar-refractivity contribution in [2.24, 2.45) is 0 Å². The molecule has 162 valence electrons. The first-order valence-corrected chi connectivity index (χ1v) is 10.4. The molecule has 0 fully saturated rings. The van der Waals surface area contributed by atoms with Gasteiger partial charge in [-0.3, -0.25) is 9.69 Å². The Bertz CT molecular complexity index is 1000. The molecule has 3 amide bonds. The van der Waals surface area contributed by atoms with Crippen LogP contribution >= 0.6 is 0 Å². The van der Waals surface area contributed by atoms with Crippen molar-refractivity contribution in [3.05, 3.63) is 77.0 Å². The smallest absolute Gasteiger partial charge is 0.322 e. The molecule has 1 N–H and O–H groups in total. The molecule has 2 heterocycles. The van der Waals surface area contributed by atoms with Gasteiger partial charge in [-0.15, -0.1) is 0 Å². The second kappa shape index (κ2) is 8.81. The van der Waals surface area contributed by atoms with Crippen LogP contribution in [0.3, 0.4) is 0 Å². The number of likely N-dealkylation sites (N-methyl/N-ethyl adjacent to an activating group) is 2. The average Bonchev–Trinajstić information content (AvgIpc) is 3.11. The monoisotopic (exact) mass is 420 g/mol. The van der Waals surface area contributed by atoms with Crippen LogP contribution in [-0.4, -0.2) is 67.4 Å². The Hall–Kier alpha value is -3.32. The van der Waals surface area contributed by atoms with E-state index in [9.17, 15) is 9.59 Å². The summed E-state index contributed by atoms with van der Waals surface area (Å²) in [6, 6.07) is 16.9. The Kier molecular flexibility index (Phi) is 5.95. The van der Waals surface area contributed by atoms with Gasteiger partial charge < -0.3 is 19.9 Å². The molecule has 2 aliphatic heterocycles. The number of nitrogens with one attached hydrogen (secondary N) is 1. The van der Waals surface area contributed by atoms with Crippen LogP contribution in [0.1, 0.15) is 17.2 Å². The predicted molar refractivity (Wildman–Crippen MR) is 118 cm³/mol. The van der Waals surface area contributed by atoms with Crippen molar-refractivity contribution in [3.63, 3.8) is 0 Å². The molecule has 1 atom stereocenters. The lowest BCUT2D eigenvalue weighted by molar-refractivity contribution is -0.125. The largest absolute Gasteiger partial charge is 0.489 e. The molecule has 0 saturated carbocycles. The lowest BCUT2D eigenvalue weighted by atomic mass is 9.95. The molecule has 0 aromatic heterocycles. The highest BCUT2D eigenvalue weighted by Crippen LogP contribution is 2.36. The fourth-order valence-electron chi connectivity index (χ4n) is 3.90. The Labute approximate surface area is 182 Å². The maximum atomic E-state index is 13.2. The van der Waals surface area contributed by atoms with Gasteiger partial charge in [0, 0.05) is 20.1 Å². The van der Waals surface area contributed by atoms with E-state index in [2.05, 4.69) is 5.32 Å². The summed E-state index contributed by atoms with van der Waals surface area (Å²) in [5, 5.41) is 2.99. The SMILES string of the molecule is CN(C)CCN1CC2=C(C1=O)[C@@H](c1cccc(OCc3ccccc3)c1)NC(=O)N2C. The van der Waals surface area contributed by atoms with Crippen LogP contribution in [0, 0.1) is 0 Å². The minimum atomic E-state index is -0.490. The van der Waals surface area contributed by atoms with E-state index < -0.39 is 6.04 Å². The van der Waals surface area contributed by atoms with E-state index in [0.29, 0.717) is 31.0 Å². The minimum Gasteiger partial charge on any atom is -0.489 e. The molecule has 0 aliphatic carbocycles. The topological polar surface area (TPSA) is 65.1 Å². The van der Waals surface area contributed by atoms with E-state index in [1.807, 2.05) is 78.5 Å². The Morgan fingerprint density at radius 1 is 1.10 bits per heavy atom. The van der Waals surface area contributed by atoms with Gasteiger partial charge in [-0.1, -0.05) is 42.5 Å². The average molecular weight is 421 g/mol. The summed E-state index contributed by atoms with van der Waals surface area (Å²) in [7, 11) is 5.67. The van der Waals surface area contributed by atoms with Gasteiger partial charge in [0.15, 0.2) is 0 Å². The number of carbonyl (C=O) groups is 2. The summed E-state index contributed by atoms with van der Waals surface area (Å²) in [6.45, 7) is 2.29. The molecule has 0 spiro atoms. The van der Waals surface area contributed by atoms with Gasteiger partial charge in [-0.05, 0) is 37.4 Å². The summed E-state index contributed by atoms with van der Waals surface area (Å²) >= 11 is 0. The zero-order chi connectivity index (χ0) is 22.0. The van der Waals surface area contributed by atoms with Crippen LogP contribution in [0.15, 0.2) is 65.9 Å². The summed E-state index contributed by atoms with van der Waals surface area (Å²) in [6.07, 6.45) is 0. The van der Waals surface area contributed by atoms with Gasteiger partial charge >= 0.3 is 6.03 Å². The third-order valence-corrected chi connectivity index (χ3v) is 5.69. The highest BCUT2D eigenvalue weighted by atomic mass is 16.5. The van der Waals surface area contributed by atoms with Gasteiger partial charge in [0.1, 0.15) is 12.4 Å². The molecule has 0 unspecified atom stereocenters. The standard InChI is InChI=1S/C24H28N4O3/c1-26(2)12-13-28-15-20-21(23(28)29)22(25-24(30)27(20)3)18-10-7-11-19(14-18)31-16-17-8-5-4-6-9-17/h4-11,14,22H,12-13,15-16H2,1-3H3,(H,25,30)/t22-/m1/s1. The normalized spacial score (nSPS) is 18.5. The molecule has 2 aromatic carbocycles. The maximum Gasteiger partial charge on any atom is 0.322 e. The van der Waals surface area contributed by atoms with Gasteiger partial charge in [-0.25, -0.2) is 4.79 Å². The van der Waals surface area contributed by atoms with Gasteiger partial charge in [0.05, 0.1) is 23.9 Å². The second-order valence-corrected chi connectivity index (χ2v) is 8.18. The Morgan fingerprint density at radius 2 is 1.87 bits per heavy atom. The summed E-state index contributed by atoms with van der Waals surface area (Å²) in [5.74, 6) is 0.677. The first-order chi connectivity index (χ1) is 14.9. The molecular formula is C24H28N4O3. The van der Waals surface area contributed by atoms with Gasteiger partial charge in [0.25, 0.3) is 5.91 Å². The summed E-state index contributed by atoms with van der Waals surface area (Å²) in [5.41, 5.74) is 3.32. The fraction of sp³-hybridized carbons (Fsp3) is 0.333. The molecule has 4 rings (SSSR count). The highest BCUT2D eigenvalue weighted by Gasteiger charge is 2.42. The van der Waals surface area contributed by atoms with Crippen LogP contribution in [0.4, 0.5) is 4.79 Å². The van der Waals surface area contributed by atoms with E-state index in [4.69, 9.17) is 4.74 Å². The van der Waals surface area contributed by atoms with Crippen molar-refractivity contribution in [2.75, 3.05) is 40.8 Å². The predicted octanol–water partition coefficient (Wildman–Crippen LogP) is 2.62. The van der Waals surface area contributed by atoms with Gasteiger partial charge in [0.2, 0.25) is 0 Å². The molecule has 2 aliphatic rings. The van der Waals surface area contributed by atoms with Crippen LogP contribution in [-0.2, 0) is 11.4 Å². The van der Waals surface area contributed by atoms with E-state index in [-0.39, 0.29) is 11.9 Å². The number of nitrogens with zero attached hydrogens (tertiary/aromatic N) is 3. The van der Waals surface area contributed by atoms with E-state index in [0.717, 1.165) is 23.4 Å².